The molecule has 2 rings (SSSR count). The second-order valence-electron chi connectivity index (χ2n) is 4.43. The lowest BCUT2D eigenvalue weighted by molar-refractivity contribution is 0.248. The van der Waals surface area contributed by atoms with Gasteiger partial charge in [-0.25, -0.2) is 4.79 Å². The minimum atomic E-state index is -0.129. The monoisotopic (exact) mass is 265 g/mol. The van der Waals surface area contributed by atoms with Gasteiger partial charge in [-0.2, -0.15) is 11.8 Å². The Morgan fingerprint density at radius 3 is 3.17 bits per heavy atom. The van der Waals surface area contributed by atoms with E-state index in [4.69, 9.17) is 0 Å². The van der Waals surface area contributed by atoms with E-state index in [1.807, 2.05) is 17.8 Å². The first-order valence-electron chi connectivity index (χ1n) is 6.37. The van der Waals surface area contributed by atoms with Crippen molar-refractivity contribution in [3.8, 4) is 0 Å². The van der Waals surface area contributed by atoms with Gasteiger partial charge < -0.3 is 10.6 Å². The van der Waals surface area contributed by atoms with Crippen LogP contribution in [-0.2, 0) is 0 Å². The van der Waals surface area contributed by atoms with Gasteiger partial charge in [-0.15, -0.1) is 0 Å². The van der Waals surface area contributed by atoms with Crippen LogP contribution >= 0.6 is 11.8 Å². The molecule has 0 spiro atoms. The van der Waals surface area contributed by atoms with Gasteiger partial charge >= 0.3 is 6.03 Å². The van der Waals surface area contributed by atoms with E-state index in [9.17, 15) is 4.79 Å². The summed E-state index contributed by atoms with van der Waals surface area (Å²) in [7, 11) is 0. The number of nitrogens with one attached hydrogen (secondary N) is 2. The van der Waals surface area contributed by atoms with Crippen molar-refractivity contribution in [1.29, 1.82) is 0 Å². The van der Waals surface area contributed by atoms with Crippen LogP contribution in [0.25, 0.3) is 0 Å². The molecule has 4 nitrogen and oxygen atoms in total. The molecular weight excluding hydrogens is 246 g/mol. The first kappa shape index (κ1) is 13.2. The minimum absolute atomic E-state index is 0.129. The number of carbonyl (C=O) groups excluding carboxylic acids is 1. The van der Waals surface area contributed by atoms with Crippen LogP contribution in [-0.4, -0.2) is 28.1 Å². The van der Waals surface area contributed by atoms with Crippen molar-refractivity contribution in [2.45, 2.75) is 37.5 Å². The predicted octanol–water partition coefficient (Wildman–Crippen LogP) is 2.88. The number of aromatic nitrogens is 1. The zero-order valence-corrected chi connectivity index (χ0v) is 11.4. The summed E-state index contributed by atoms with van der Waals surface area (Å²) in [5.41, 5.74) is 0.729. The summed E-state index contributed by atoms with van der Waals surface area (Å²) in [5.74, 6) is 1.15. The maximum absolute atomic E-state index is 11.8. The Kier molecular flexibility index (Phi) is 4.87. The van der Waals surface area contributed by atoms with Crippen LogP contribution in [0.3, 0.4) is 0 Å². The normalized spacial score (nSPS) is 22.7. The van der Waals surface area contributed by atoms with Crippen LogP contribution in [0.5, 0.6) is 0 Å². The molecule has 0 aliphatic heterocycles. The molecule has 0 radical (unpaired) electrons. The van der Waals surface area contributed by atoms with Gasteiger partial charge in [-0.1, -0.05) is 6.92 Å². The summed E-state index contributed by atoms with van der Waals surface area (Å²) >= 11 is 1.99. The van der Waals surface area contributed by atoms with Crippen molar-refractivity contribution < 1.29 is 4.79 Å². The quantitative estimate of drug-likeness (QED) is 0.880. The van der Waals surface area contributed by atoms with Crippen molar-refractivity contribution in [2.75, 3.05) is 11.1 Å². The predicted molar refractivity (Wildman–Crippen MR) is 76.0 cm³/mol. The smallest absolute Gasteiger partial charge is 0.319 e. The van der Waals surface area contributed by atoms with E-state index >= 15 is 0 Å². The van der Waals surface area contributed by atoms with Gasteiger partial charge in [0.2, 0.25) is 0 Å². The van der Waals surface area contributed by atoms with Gasteiger partial charge in [-0.3, -0.25) is 4.98 Å². The summed E-state index contributed by atoms with van der Waals surface area (Å²) in [6, 6.07) is 3.82. The molecule has 1 aromatic rings. The topological polar surface area (TPSA) is 54.0 Å². The van der Waals surface area contributed by atoms with Crippen LogP contribution in [0.2, 0.25) is 0 Å². The summed E-state index contributed by atoms with van der Waals surface area (Å²) < 4.78 is 0. The van der Waals surface area contributed by atoms with Gasteiger partial charge in [0.15, 0.2) is 0 Å². The van der Waals surface area contributed by atoms with E-state index in [0.29, 0.717) is 11.3 Å². The van der Waals surface area contributed by atoms with Gasteiger partial charge in [0.1, 0.15) is 0 Å². The maximum Gasteiger partial charge on any atom is 0.319 e. The fourth-order valence-corrected chi connectivity index (χ4v) is 3.39. The molecule has 18 heavy (non-hydrogen) atoms. The third-order valence-corrected chi connectivity index (χ3v) is 4.27. The molecule has 1 heterocycles. The minimum Gasteiger partial charge on any atom is -0.335 e. The zero-order chi connectivity index (χ0) is 12.8. The number of amides is 2. The SMILES string of the molecule is CCS[C@H]1CC[C@@H](NC(=O)Nc2cccnc2)C1. The number of rotatable bonds is 4. The first-order valence-corrected chi connectivity index (χ1v) is 7.42. The van der Waals surface area contributed by atoms with Crippen molar-refractivity contribution in [1.82, 2.24) is 10.3 Å². The standard InChI is InChI=1S/C13H19N3OS/c1-2-18-12-6-5-10(8-12)15-13(17)16-11-4-3-7-14-9-11/h3-4,7,9-10,12H,2,5-6,8H2,1H3,(H2,15,16,17)/t10-,12+/m1/s1. The molecule has 98 valence electrons. The average molecular weight is 265 g/mol. The zero-order valence-electron chi connectivity index (χ0n) is 10.6. The van der Waals surface area contributed by atoms with Crippen molar-refractivity contribution in [2.24, 2.45) is 0 Å². The van der Waals surface area contributed by atoms with E-state index in [0.717, 1.165) is 24.3 Å². The Labute approximate surface area is 112 Å². The highest BCUT2D eigenvalue weighted by Gasteiger charge is 2.25. The Bertz CT molecular complexity index is 385. The molecule has 1 aromatic heterocycles. The molecule has 0 unspecified atom stereocenters. The van der Waals surface area contributed by atoms with Gasteiger partial charge in [-0.05, 0) is 37.1 Å². The van der Waals surface area contributed by atoms with E-state index in [-0.39, 0.29) is 6.03 Å². The lowest BCUT2D eigenvalue weighted by Gasteiger charge is -2.13. The summed E-state index contributed by atoms with van der Waals surface area (Å²) in [5, 5.41) is 6.53. The molecule has 5 heteroatoms. The fourth-order valence-electron chi connectivity index (χ4n) is 2.25. The Hall–Kier alpha value is -1.23. The second-order valence-corrected chi connectivity index (χ2v) is 6.00. The van der Waals surface area contributed by atoms with E-state index in [1.165, 1.54) is 6.42 Å². The van der Waals surface area contributed by atoms with Gasteiger partial charge in [0.25, 0.3) is 0 Å². The molecule has 1 fully saturated rings. The molecule has 2 N–H and O–H groups in total. The van der Waals surface area contributed by atoms with E-state index in [1.54, 1.807) is 18.5 Å². The third kappa shape index (κ3) is 3.91. The molecule has 2 amide bonds. The molecule has 1 saturated carbocycles. The lowest BCUT2D eigenvalue weighted by atomic mass is 10.2. The van der Waals surface area contributed by atoms with Crippen molar-refractivity contribution in [3.63, 3.8) is 0 Å². The third-order valence-electron chi connectivity index (χ3n) is 3.04. The number of thioether (sulfide) groups is 1. The second kappa shape index (κ2) is 6.64. The van der Waals surface area contributed by atoms with Crippen LogP contribution in [0.1, 0.15) is 26.2 Å². The van der Waals surface area contributed by atoms with Crippen molar-refractivity contribution in [3.05, 3.63) is 24.5 Å². The van der Waals surface area contributed by atoms with E-state index < -0.39 is 0 Å². The molecule has 0 bridgehead atoms. The molecule has 0 saturated heterocycles. The summed E-state index contributed by atoms with van der Waals surface area (Å²) in [6.45, 7) is 2.18. The number of pyridine rings is 1. The Balaban J connectivity index is 1.75. The number of hydrogen-bond donors (Lipinski definition) is 2. The van der Waals surface area contributed by atoms with Gasteiger partial charge in [0, 0.05) is 17.5 Å². The fraction of sp³-hybridized carbons (Fsp3) is 0.538. The number of anilines is 1. The van der Waals surface area contributed by atoms with Crippen molar-refractivity contribution >= 4 is 23.5 Å². The molecular formula is C13H19N3OS. The van der Waals surface area contributed by atoms with Crippen LogP contribution < -0.4 is 10.6 Å². The highest BCUT2D eigenvalue weighted by molar-refractivity contribution is 7.99. The molecule has 1 aliphatic rings. The van der Waals surface area contributed by atoms with Gasteiger partial charge in [0.05, 0.1) is 11.9 Å². The largest absolute Gasteiger partial charge is 0.335 e. The first-order chi connectivity index (χ1) is 8.78. The lowest BCUT2D eigenvalue weighted by Crippen LogP contribution is -2.36. The highest BCUT2D eigenvalue weighted by Crippen LogP contribution is 2.29. The number of carbonyl (C=O) groups is 1. The number of urea groups is 1. The summed E-state index contributed by atoms with van der Waals surface area (Å²) in [6.07, 6.45) is 6.70. The Morgan fingerprint density at radius 1 is 1.56 bits per heavy atom. The molecule has 0 aromatic carbocycles. The van der Waals surface area contributed by atoms with Crippen LogP contribution in [0.15, 0.2) is 24.5 Å². The van der Waals surface area contributed by atoms with E-state index in [2.05, 4.69) is 22.5 Å². The van der Waals surface area contributed by atoms with Crippen LogP contribution in [0.4, 0.5) is 10.5 Å². The highest BCUT2D eigenvalue weighted by atomic mass is 32.2. The number of nitrogens with zero attached hydrogens (tertiary/aromatic N) is 1. The number of hydrogen-bond acceptors (Lipinski definition) is 3. The maximum atomic E-state index is 11.8. The molecule has 1 aliphatic carbocycles. The average Bonchev–Trinajstić information content (AvgIpc) is 2.78. The summed E-state index contributed by atoms with van der Waals surface area (Å²) in [4.78, 5) is 15.7. The molecule has 2 atom stereocenters. The Morgan fingerprint density at radius 2 is 2.44 bits per heavy atom. The van der Waals surface area contributed by atoms with Crippen LogP contribution in [0, 0.1) is 0 Å².